The Morgan fingerprint density at radius 2 is 1.30 bits per heavy atom. The maximum atomic E-state index is 13.8. The van der Waals surface area contributed by atoms with Gasteiger partial charge in [0.15, 0.2) is 5.60 Å². The van der Waals surface area contributed by atoms with E-state index in [-0.39, 0.29) is 0 Å². The molecule has 0 amide bonds. The lowest BCUT2D eigenvalue weighted by Gasteiger charge is -2.55. The maximum Gasteiger partial charge on any atom is 0.308 e. The number of benzene rings is 2. The molecule has 1 fully saturated rings. The number of carbonyl (C=O) groups is 4. The normalized spacial score (nSPS) is 29.3. The van der Waals surface area contributed by atoms with Crippen LogP contribution in [0.4, 0.5) is 0 Å². The summed E-state index contributed by atoms with van der Waals surface area (Å²) >= 11 is 0. The van der Waals surface area contributed by atoms with Crippen molar-refractivity contribution in [2.24, 2.45) is 5.73 Å². The number of nitrogens with two attached hydrogens (primary N) is 1. The summed E-state index contributed by atoms with van der Waals surface area (Å²) in [7, 11) is 0. The lowest BCUT2D eigenvalue weighted by molar-refractivity contribution is -0.384. The average Bonchev–Trinajstić information content (AvgIpc) is 2.84. The summed E-state index contributed by atoms with van der Waals surface area (Å²) < 4.78 is 14.9. The summed E-state index contributed by atoms with van der Waals surface area (Å²) in [5, 5.41) is 54.9. The second-order valence-corrected chi connectivity index (χ2v) is 8.29. The molecule has 198 valence electrons. The highest BCUT2D eigenvalue weighted by molar-refractivity contribution is 6.15. The standard InChI is InChI=1S/C24H25NO12/c1-12(27)35-16-9-5-3-7-14(16)19(29)22(32)21(31)18(11-26)37-24(25,34)23(22,33)20(30)15-8-4-6-10-17(15)36-13(2)28/h3-10,18,21,26,31-34H,11,25H2,1-2H3/t18-,21+,22+,23+,24?/m1/s1. The van der Waals surface area contributed by atoms with Gasteiger partial charge in [-0.25, -0.2) is 0 Å². The highest BCUT2D eigenvalue weighted by Crippen LogP contribution is 2.46. The molecule has 1 heterocycles. The van der Waals surface area contributed by atoms with Gasteiger partial charge in [0, 0.05) is 13.8 Å². The van der Waals surface area contributed by atoms with Crippen LogP contribution in [0.1, 0.15) is 34.6 Å². The Morgan fingerprint density at radius 3 is 1.73 bits per heavy atom. The molecule has 3 rings (SSSR count). The number of hydrogen-bond acceptors (Lipinski definition) is 13. The Labute approximate surface area is 209 Å². The van der Waals surface area contributed by atoms with E-state index in [1.165, 1.54) is 24.3 Å². The van der Waals surface area contributed by atoms with Crippen LogP contribution in [-0.4, -0.2) is 85.0 Å². The second-order valence-electron chi connectivity index (χ2n) is 8.29. The quantitative estimate of drug-likeness (QED) is 0.105. The fraction of sp³-hybridized carbons (Fsp3) is 0.333. The Bertz CT molecular complexity index is 1240. The van der Waals surface area contributed by atoms with E-state index in [0.717, 1.165) is 38.1 Å². The summed E-state index contributed by atoms with van der Waals surface area (Å²) in [5.41, 5.74) is -3.13. The summed E-state index contributed by atoms with van der Waals surface area (Å²) in [6, 6.07) is 9.63. The Hall–Kier alpha value is -3.56. The van der Waals surface area contributed by atoms with Crippen LogP contribution in [0.25, 0.3) is 0 Å². The van der Waals surface area contributed by atoms with Crippen LogP contribution < -0.4 is 15.2 Å². The monoisotopic (exact) mass is 519 g/mol. The smallest absolute Gasteiger partial charge is 0.308 e. The predicted molar refractivity (Wildman–Crippen MR) is 121 cm³/mol. The first-order valence-corrected chi connectivity index (χ1v) is 10.8. The van der Waals surface area contributed by atoms with Gasteiger partial charge in [0.05, 0.1) is 17.7 Å². The number of Topliss-reactive ketones (excluding diaryl/α,β-unsaturated/α-hetero) is 2. The minimum atomic E-state index is -3.89. The summed E-state index contributed by atoms with van der Waals surface area (Å²) in [6.45, 7) is 0.905. The van der Waals surface area contributed by atoms with Gasteiger partial charge in [-0.15, -0.1) is 0 Å². The van der Waals surface area contributed by atoms with Crippen LogP contribution in [-0.2, 0) is 14.3 Å². The lowest BCUT2D eigenvalue weighted by atomic mass is 9.65. The van der Waals surface area contributed by atoms with E-state index >= 15 is 0 Å². The van der Waals surface area contributed by atoms with Gasteiger partial charge in [0.25, 0.3) is 5.91 Å². The largest absolute Gasteiger partial charge is 0.426 e. The number of carbonyl (C=O) groups excluding carboxylic acids is 4. The molecule has 2 aromatic carbocycles. The first-order chi connectivity index (χ1) is 17.2. The summed E-state index contributed by atoms with van der Waals surface area (Å²) in [4.78, 5) is 50.7. The van der Waals surface area contributed by atoms with Gasteiger partial charge in [0.1, 0.15) is 23.7 Å². The molecule has 0 spiro atoms. The number of aliphatic hydroxyl groups is 5. The van der Waals surface area contributed by atoms with Gasteiger partial charge in [-0.05, 0) is 24.3 Å². The van der Waals surface area contributed by atoms with Crippen LogP contribution in [0.15, 0.2) is 48.5 Å². The number of rotatable bonds is 7. The molecule has 0 radical (unpaired) electrons. The minimum absolute atomic E-state index is 0.427. The van der Waals surface area contributed by atoms with Crippen molar-refractivity contribution in [3.63, 3.8) is 0 Å². The maximum absolute atomic E-state index is 13.8. The third-order valence-corrected chi connectivity index (χ3v) is 5.81. The van der Waals surface area contributed by atoms with Crippen molar-refractivity contribution in [3.05, 3.63) is 59.7 Å². The van der Waals surface area contributed by atoms with Crippen LogP contribution in [0.5, 0.6) is 11.5 Å². The number of para-hydroxylation sites is 2. The van der Waals surface area contributed by atoms with Crippen LogP contribution in [0.2, 0.25) is 0 Å². The van der Waals surface area contributed by atoms with E-state index in [4.69, 9.17) is 19.9 Å². The van der Waals surface area contributed by atoms with E-state index in [0.29, 0.717) is 0 Å². The number of ketones is 2. The third-order valence-electron chi connectivity index (χ3n) is 5.81. The molecule has 7 N–H and O–H groups in total. The average molecular weight is 519 g/mol. The fourth-order valence-corrected chi connectivity index (χ4v) is 4.10. The molecule has 0 bridgehead atoms. The zero-order chi connectivity index (χ0) is 27.8. The van der Waals surface area contributed by atoms with E-state index in [1.807, 2.05) is 0 Å². The van der Waals surface area contributed by atoms with E-state index < -0.39 is 82.1 Å². The molecule has 2 aromatic rings. The highest BCUT2D eigenvalue weighted by Gasteiger charge is 2.77. The number of ether oxygens (including phenoxy) is 3. The third kappa shape index (κ3) is 4.53. The van der Waals surface area contributed by atoms with Gasteiger partial charge in [0.2, 0.25) is 17.2 Å². The van der Waals surface area contributed by atoms with Crippen molar-refractivity contribution in [3.8, 4) is 11.5 Å². The first-order valence-electron chi connectivity index (χ1n) is 10.8. The van der Waals surface area contributed by atoms with Crippen molar-refractivity contribution < 1.29 is 58.9 Å². The molecular weight excluding hydrogens is 494 g/mol. The molecule has 1 aliphatic rings. The molecule has 0 aliphatic carbocycles. The Balaban J connectivity index is 2.31. The molecule has 37 heavy (non-hydrogen) atoms. The molecule has 1 unspecified atom stereocenters. The van der Waals surface area contributed by atoms with E-state index in [1.54, 1.807) is 0 Å². The molecule has 0 saturated carbocycles. The van der Waals surface area contributed by atoms with E-state index in [2.05, 4.69) is 0 Å². The number of aliphatic hydroxyl groups excluding tert-OH is 2. The van der Waals surface area contributed by atoms with Gasteiger partial charge < -0.3 is 39.7 Å². The molecule has 0 aromatic heterocycles. The second kappa shape index (κ2) is 10.1. The van der Waals surface area contributed by atoms with Crippen molar-refractivity contribution in [2.75, 3.05) is 6.61 Å². The first kappa shape index (κ1) is 28.0. The van der Waals surface area contributed by atoms with Crippen LogP contribution in [0, 0.1) is 0 Å². The SMILES string of the molecule is CC(=O)Oc1ccccc1C(=O)[C@@]1(O)C(N)(O)O[C@H](CO)[C@H](O)[C@@]1(O)C(=O)c1ccccc1OC(C)=O. The van der Waals surface area contributed by atoms with E-state index in [9.17, 15) is 44.7 Å². The predicted octanol–water partition coefficient (Wildman–Crippen LogP) is -1.58. The van der Waals surface area contributed by atoms with Crippen molar-refractivity contribution in [1.29, 1.82) is 0 Å². The summed E-state index contributed by atoms with van der Waals surface area (Å²) in [6.07, 6.45) is -4.56. The molecule has 1 saturated heterocycles. The molecule has 1 aliphatic heterocycles. The van der Waals surface area contributed by atoms with Crippen molar-refractivity contribution in [1.82, 2.24) is 0 Å². The Morgan fingerprint density at radius 1 is 0.865 bits per heavy atom. The molecular formula is C24H25NO12. The molecule has 5 atom stereocenters. The minimum Gasteiger partial charge on any atom is -0.426 e. The van der Waals surface area contributed by atoms with Gasteiger partial charge in [-0.2, -0.15) is 0 Å². The van der Waals surface area contributed by atoms with Crippen LogP contribution in [0.3, 0.4) is 0 Å². The lowest BCUT2D eigenvalue weighted by Crippen LogP contribution is -2.86. The molecule has 13 heteroatoms. The summed E-state index contributed by atoms with van der Waals surface area (Å²) in [5.74, 6) is -9.54. The number of esters is 2. The highest BCUT2D eigenvalue weighted by atomic mass is 16.7. The van der Waals surface area contributed by atoms with Crippen molar-refractivity contribution in [2.45, 2.75) is 43.2 Å². The molecule has 13 nitrogen and oxygen atoms in total. The van der Waals surface area contributed by atoms with Crippen LogP contribution >= 0.6 is 0 Å². The number of hydrogen-bond donors (Lipinski definition) is 6. The van der Waals surface area contributed by atoms with Crippen molar-refractivity contribution >= 4 is 23.5 Å². The topological polar surface area (TPSA) is 223 Å². The fourth-order valence-electron chi connectivity index (χ4n) is 4.10. The zero-order valence-electron chi connectivity index (χ0n) is 19.7. The Kier molecular flexibility index (Phi) is 7.62. The van der Waals surface area contributed by atoms with Gasteiger partial charge in [-0.3, -0.25) is 24.9 Å². The van der Waals surface area contributed by atoms with Gasteiger partial charge >= 0.3 is 11.9 Å². The zero-order valence-corrected chi connectivity index (χ0v) is 19.7. The van der Waals surface area contributed by atoms with Gasteiger partial charge in [-0.1, -0.05) is 24.3 Å².